The largest absolute Gasteiger partial charge is 0.347 e. The monoisotopic (exact) mass is 154 g/mol. The van der Waals surface area contributed by atoms with Crippen LogP contribution in [0.2, 0.25) is 0 Å². The first-order valence-electron chi connectivity index (χ1n) is 2.79. The van der Waals surface area contributed by atoms with Crippen LogP contribution in [0.5, 0.6) is 0 Å². The number of nitrogens with zero attached hydrogens (tertiary/aromatic N) is 1. The van der Waals surface area contributed by atoms with Crippen molar-refractivity contribution in [1.29, 1.82) is 0 Å². The van der Waals surface area contributed by atoms with Crippen LogP contribution >= 0.6 is 0 Å². The van der Waals surface area contributed by atoms with Crippen molar-refractivity contribution in [2.24, 2.45) is 0 Å². The van der Waals surface area contributed by atoms with Crippen molar-refractivity contribution >= 4 is 7.98 Å². The van der Waals surface area contributed by atoms with E-state index in [1.807, 2.05) is 0 Å². The van der Waals surface area contributed by atoms with Crippen molar-refractivity contribution in [2.75, 3.05) is 26.2 Å². The molecular weight excluding hydrogens is 143 g/mol. The molecule has 48 valence electrons. The van der Waals surface area contributed by atoms with Crippen LogP contribution < -0.4 is 5.32 Å². The van der Waals surface area contributed by atoms with Gasteiger partial charge in [-0.05, 0) is 13.1 Å². The molecule has 0 atom stereocenters. The third kappa shape index (κ3) is 2.72. The van der Waals surface area contributed by atoms with Gasteiger partial charge in [-0.15, -0.1) is 0 Å². The molecule has 0 aliphatic carbocycles. The van der Waals surface area contributed by atoms with Gasteiger partial charge in [0.1, 0.15) is 0 Å². The molecule has 1 fully saturated rings. The molecule has 2 nitrogen and oxygen atoms in total. The molecule has 8 heavy (non-hydrogen) atoms. The normalized spacial score (nSPS) is 22.0. The van der Waals surface area contributed by atoms with Crippen molar-refractivity contribution in [3.8, 4) is 0 Å². The van der Waals surface area contributed by atoms with Crippen LogP contribution in [0.25, 0.3) is 0 Å². The van der Waals surface area contributed by atoms with Crippen molar-refractivity contribution in [3.05, 3.63) is 0 Å². The molecule has 1 rings (SSSR count). The Morgan fingerprint density at radius 3 is 2.00 bits per heavy atom. The van der Waals surface area contributed by atoms with Crippen LogP contribution in [0, 0.1) is 0 Å². The minimum atomic E-state index is 0. The van der Waals surface area contributed by atoms with E-state index >= 15 is 0 Å². The minimum Gasteiger partial charge on any atom is -0.347 e. The average Bonchev–Trinajstić information content (AvgIpc) is 1.69. The van der Waals surface area contributed by atoms with E-state index in [9.17, 15) is 0 Å². The van der Waals surface area contributed by atoms with Gasteiger partial charge in [-0.25, -0.2) is 0 Å². The Bertz CT molecular complexity index is 56.0. The van der Waals surface area contributed by atoms with Gasteiger partial charge < -0.3 is 10.1 Å². The van der Waals surface area contributed by atoms with Gasteiger partial charge in [-0.1, -0.05) is 0 Å². The van der Waals surface area contributed by atoms with Crippen molar-refractivity contribution < 1.29 is 17.1 Å². The van der Waals surface area contributed by atoms with Crippen LogP contribution in [0.4, 0.5) is 0 Å². The summed E-state index contributed by atoms with van der Waals surface area (Å²) in [6.45, 7) is 4.74. The standard InChI is InChI=1S/C4H11BN2.Fe/c5-7-3-1-6-2-4-7;/h6H,1-5H2;. The second kappa shape index (κ2) is 4.39. The molecule has 0 radical (unpaired) electrons. The van der Waals surface area contributed by atoms with E-state index < -0.39 is 0 Å². The molecule has 0 saturated carbocycles. The Labute approximate surface area is 61.9 Å². The van der Waals surface area contributed by atoms with E-state index in [4.69, 9.17) is 0 Å². The second-order valence-corrected chi connectivity index (χ2v) is 2.05. The van der Waals surface area contributed by atoms with Gasteiger partial charge in [0.05, 0.1) is 0 Å². The molecule has 4 heteroatoms. The van der Waals surface area contributed by atoms with E-state index in [1.165, 1.54) is 13.1 Å². The van der Waals surface area contributed by atoms with Crippen molar-refractivity contribution in [3.63, 3.8) is 0 Å². The second-order valence-electron chi connectivity index (χ2n) is 2.05. The van der Waals surface area contributed by atoms with Crippen LogP contribution in [0.1, 0.15) is 0 Å². The Hall–Kier alpha value is 0.504. The summed E-state index contributed by atoms with van der Waals surface area (Å²) in [5.74, 6) is 0. The summed E-state index contributed by atoms with van der Waals surface area (Å²) in [6, 6.07) is 0. The maximum atomic E-state index is 3.27. The first kappa shape index (κ1) is 8.50. The summed E-state index contributed by atoms with van der Waals surface area (Å²) in [5, 5.41) is 3.27. The van der Waals surface area contributed by atoms with E-state index in [1.54, 1.807) is 0 Å². The zero-order valence-corrected chi connectivity index (χ0v) is 6.23. The van der Waals surface area contributed by atoms with E-state index in [-0.39, 0.29) is 17.1 Å². The summed E-state index contributed by atoms with van der Waals surface area (Å²) in [6.07, 6.45) is 0. The van der Waals surface area contributed by atoms with Gasteiger partial charge >= 0.3 is 0 Å². The van der Waals surface area contributed by atoms with Crippen molar-refractivity contribution in [1.82, 2.24) is 10.1 Å². The smallest absolute Gasteiger partial charge is 0.185 e. The summed E-state index contributed by atoms with van der Waals surface area (Å²) >= 11 is 0. The predicted molar refractivity (Wildman–Crippen MR) is 33.0 cm³/mol. The number of hydrogen-bond donors (Lipinski definition) is 1. The van der Waals surface area contributed by atoms with Gasteiger partial charge in [0, 0.05) is 30.2 Å². The van der Waals surface area contributed by atoms with E-state index in [2.05, 4.69) is 18.1 Å². The molecule has 0 bridgehead atoms. The molecule has 1 aliphatic rings. The minimum absolute atomic E-state index is 0. The number of nitrogens with one attached hydrogen (secondary N) is 1. The molecule has 0 spiro atoms. The maximum Gasteiger partial charge on any atom is 0.185 e. The Balaban J connectivity index is 0.000000490. The fourth-order valence-electron chi connectivity index (χ4n) is 0.777. The summed E-state index contributed by atoms with van der Waals surface area (Å²) in [7, 11) is 2.15. The summed E-state index contributed by atoms with van der Waals surface area (Å²) < 4.78 is 0. The molecule has 1 N–H and O–H groups in total. The SMILES string of the molecule is BN1CCNCC1.[Fe]. The van der Waals surface area contributed by atoms with Crippen molar-refractivity contribution in [2.45, 2.75) is 0 Å². The Kier molecular flexibility index (Phi) is 4.67. The van der Waals surface area contributed by atoms with Crippen LogP contribution in [-0.2, 0) is 17.1 Å². The Morgan fingerprint density at radius 2 is 1.75 bits per heavy atom. The van der Waals surface area contributed by atoms with E-state index in [0.29, 0.717) is 0 Å². The molecule has 1 aliphatic heterocycles. The van der Waals surface area contributed by atoms with Crippen LogP contribution in [0.3, 0.4) is 0 Å². The summed E-state index contributed by atoms with van der Waals surface area (Å²) in [4.78, 5) is 2.33. The molecule has 1 saturated heterocycles. The fraction of sp³-hybridized carbons (Fsp3) is 1.00. The third-order valence-corrected chi connectivity index (χ3v) is 1.34. The molecule has 0 aromatic rings. The summed E-state index contributed by atoms with van der Waals surface area (Å²) in [5.41, 5.74) is 0. The van der Waals surface area contributed by atoms with Gasteiger partial charge in [0.25, 0.3) is 0 Å². The topological polar surface area (TPSA) is 15.3 Å². The van der Waals surface area contributed by atoms with E-state index in [0.717, 1.165) is 13.1 Å². The molecule has 0 amide bonds. The number of piperazine rings is 1. The molecule has 0 aromatic carbocycles. The van der Waals surface area contributed by atoms with Crippen LogP contribution in [-0.4, -0.2) is 39.0 Å². The first-order chi connectivity index (χ1) is 3.39. The van der Waals surface area contributed by atoms with Gasteiger partial charge in [0.15, 0.2) is 7.98 Å². The quantitative estimate of drug-likeness (QED) is 0.424. The number of rotatable bonds is 0. The number of hydrogen-bond acceptors (Lipinski definition) is 2. The zero-order chi connectivity index (χ0) is 5.11. The third-order valence-electron chi connectivity index (χ3n) is 1.34. The van der Waals surface area contributed by atoms with Gasteiger partial charge in [-0.2, -0.15) is 0 Å². The molecular formula is C4H11BFeN2. The molecule has 0 unspecified atom stereocenters. The molecule has 1 heterocycles. The first-order valence-corrected chi connectivity index (χ1v) is 2.79. The zero-order valence-electron chi connectivity index (χ0n) is 5.13. The average molecular weight is 154 g/mol. The maximum absolute atomic E-state index is 3.27. The Morgan fingerprint density at radius 1 is 1.25 bits per heavy atom. The van der Waals surface area contributed by atoms with Gasteiger partial charge in [0.2, 0.25) is 0 Å². The van der Waals surface area contributed by atoms with Crippen LogP contribution in [0.15, 0.2) is 0 Å². The predicted octanol–water partition coefficient (Wildman–Crippen LogP) is -1.56. The molecule has 0 aromatic heterocycles. The van der Waals surface area contributed by atoms with Gasteiger partial charge in [-0.3, -0.25) is 0 Å². The fourth-order valence-corrected chi connectivity index (χ4v) is 0.777.